The normalized spacial score (nSPS) is 25.6. The van der Waals surface area contributed by atoms with Gasteiger partial charge >= 0.3 is 0 Å². The number of hydrazine groups is 1. The van der Waals surface area contributed by atoms with Crippen LogP contribution in [0.5, 0.6) is 0 Å². The fourth-order valence-electron chi connectivity index (χ4n) is 3.89. The fourth-order valence-corrected chi connectivity index (χ4v) is 3.89. The highest BCUT2D eigenvalue weighted by molar-refractivity contribution is 5.62. The Hall–Kier alpha value is -1.66. The SMILES string of the molecule is NNc1cc(CN2CCC3CCCCC32)ccc1[N+](=O)[O-]. The third-order valence-electron chi connectivity index (χ3n) is 4.92. The molecule has 6 nitrogen and oxygen atoms in total. The molecule has 1 saturated carbocycles. The lowest BCUT2D eigenvalue weighted by molar-refractivity contribution is -0.384. The first-order valence-electron chi connectivity index (χ1n) is 7.67. The molecule has 3 rings (SSSR count). The molecule has 1 aromatic carbocycles. The van der Waals surface area contributed by atoms with E-state index in [1.165, 1.54) is 32.1 Å². The summed E-state index contributed by atoms with van der Waals surface area (Å²) < 4.78 is 0. The van der Waals surface area contributed by atoms with Gasteiger partial charge in [-0.3, -0.25) is 20.9 Å². The van der Waals surface area contributed by atoms with Crippen molar-refractivity contribution in [2.75, 3.05) is 12.0 Å². The van der Waals surface area contributed by atoms with Gasteiger partial charge in [0.15, 0.2) is 0 Å². The third kappa shape index (κ3) is 2.87. The highest BCUT2D eigenvalue weighted by atomic mass is 16.6. The minimum Gasteiger partial charge on any atom is -0.318 e. The number of nitrogens with zero attached hydrogens (tertiary/aromatic N) is 2. The van der Waals surface area contributed by atoms with Crippen LogP contribution in [-0.2, 0) is 6.54 Å². The first-order valence-corrected chi connectivity index (χ1v) is 7.67. The number of nitro groups is 1. The molecule has 2 fully saturated rings. The van der Waals surface area contributed by atoms with E-state index in [2.05, 4.69) is 10.3 Å². The minimum absolute atomic E-state index is 0.0261. The van der Waals surface area contributed by atoms with Crippen LogP contribution in [-0.4, -0.2) is 22.4 Å². The van der Waals surface area contributed by atoms with Crippen molar-refractivity contribution >= 4 is 11.4 Å². The van der Waals surface area contributed by atoms with Crippen molar-refractivity contribution in [3.8, 4) is 0 Å². The Labute approximate surface area is 124 Å². The van der Waals surface area contributed by atoms with E-state index in [0.717, 1.165) is 24.6 Å². The number of nitrogens with one attached hydrogen (secondary N) is 1. The molecular weight excluding hydrogens is 268 g/mol. The fraction of sp³-hybridized carbons (Fsp3) is 0.600. The quantitative estimate of drug-likeness (QED) is 0.506. The van der Waals surface area contributed by atoms with Crippen LogP contribution in [0.1, 0.15) is 37.7 Å². The van der Waals surface area contributed by atoms with Gasteiger partial charge in [-0.1, -0.05) is 18.9 Å². The lowest BCUT2D eigenvalue weighted by Crippen LogP contribution is -2.34. The second kappa shape index (κ2) is 5.99. The first-order chi connectivity index (χ1) is 10.2. The standard InChI is InChI=1S/C15H22N4O2/c16-17-13-9-11(5-6-15(13)19(20)21)10-18-8-7-12-3-1-2-4-14(12)18/h5-6,9,12,14,17H,1-4,7-8,10,16H2. The van der Waals surface area contributed by atoms with E-state index in [1.54, 1.807) is 12.1 Å². The number of hydrogen-bond donors (Lipinski definition) is 2. The Bertz CT molecular complexity index is 534. The third-order valence-corrected chi connectivity index (χ3v) is 4.92. The molecule has 0 bridgehead atoms. The van der Waals surface area contributed by atoms with Crippen molar-refractivity contribution in [2.45, 2.75) is 44.7 Å². The van der Waals surface area contributed by atoms with Gasteiger partial charge in [-0.15, -0.1) is 0 Å². The summed E-state index contributed by atoms with van der Waals surface area (Å²) in [4.78, 5) is 13.0. The molecule has 0 radical (unpaired) electrons. The summed E-state index contributed by atoms with van der Waals surface area (Å²) in [5.74, 6) is 6.25. The molecule has 0 amide bonds. The van der Waals surface area contributed by atoms with Gasteiger partial charge in [-0.2, -0.15) is 0 Å². The molecule has 0 aromatic heterocycles. The van der Waals surface area contributed by atoms with E-state index in [1.807, 2.05) is 6.07 Å². The van der Waals surface area contributed by atoms with Crippen molar-refractivity contribution in [1.29, 1.82) is 0 Å². The average Bonchev–Trinajstić information content (AvgIpc) is 2.90. The Morgan fingerprint density at radius 1 is 1.33 bits per heavy atom. The van der Waals surface area contributed by atoms with E-state index >= 15 is 0 Å². The molecule has 2 unspecified atom stereocenters. The van der Waals surface area contributed by atoms with E-state index in [0.29, 0.717) is 11.7 Å². The van der Waals surface area contributed by atoms with Crippen LogP contribution in [0.2, 0.25) is 0 Å². The van der Waals surface area contributed by atoms with Gasteiger partial charge in [0.05, 0.1) is 4.92 Å². The van der Waals surface area contributed by atoms with E-state index < -0.39 is 4.92 Å². The summed E-state index contributed by atoms with van der Waals surface area (Å²) in [5.41, 5.74) is 3.93. The van der Waals surface area contributed by atoms with Gasteiger partial charge in [0.1, 0.15) is 5.69 Å². The van der Waals surface area contributed by atoms with Gasteiger partial charge < -0.3 is 5.43 Å². The second-order valence-electron chi connectivity index (χ2n) is 6.12. The van der Waals surface area contributed by atoms with Crippen molar-refractivity contribution in [3.63, 3.8) is 0 Å². The summed E-state index contributed by atoms with van der Waals surface area (Å²) in [5, 5.41) is 10.9. The largest absolute Gasteiger partial charge is 0.318 e. The summed E-state index contributed by atoms with van der Waals surface area (Å²) in [7, 11) is 0. The maximum atomic E-state index is 10.9. The first kappa shape index (κ1) is 14.3. The Morgan fingerprint density at radius 3 is 2.90 bits per heavy atom. The van der Waals surface area contributed by atoms with Crippen LogP contribution >= 0.6 is 0 Å². The molecule has 2 aliphatic rings. The smallest absolute Gasteiger partial charge is 0.293 e. The van der Waals surface area contributed by atoms with Crippen LogP contribution in [0.4, 0.5) is 11.4 Å². The zero-order valence-corrected chi connectivity index (χ0v) is 12.1. The van der Waals surface area contributed by atoms with E-state index in [4.69, 9.17) is 5.84 Å². The molecule has 21 heavy (non-hydrogen) atoms. The minimum atomic E-state index is -0.411. The lowest BCUT2D eigenvalue weighted by atomic mass is 9.85. The zero-order chi connectivity index (χ0) is 14.8. The molecule has 3 N–H and O–H groups in total. The van der Waals surface area contributed by atoms with Gasteiger partial charge in [0, 0.05) is 18.7 Å². The van der Waals surface area contributed by atoms with Crippen LogP contribution < -0.4 is 11.3 Å². The number of anilines is 1. The molecule has 1 aromatic rings. The Morgan fingerprint density at radius 2 is 2.14 bits per heavy atom. The van der Waals surface area contributed by atoms with E-state index in [-0.39, 0.29) is 5.69 Å². The zero-order valence-electron chi connectivity index (χ0n) is 12.1. The lowest BCUT2D eigenvalue weighted by Gasteiger charge is -2.31. The van der Waals surface area contributed by atoms with E-state index in [9.17, 15) is 10.1 Å². The van der Waals surface area contributed by atoms with Crippen molar-refractivity contribution in [2.24, 2.45) is 11.8 Å². The maximum Gasteiger partial charge on any atom is 0.293 e. The number of fused-ring (bicyclic) bond motifs is 1. The monoisotopic (exact) mass is 290 g/mol. The van der Waals surface area contributed by atoms with Crippen LogP contribution in [0, 0.1) is 16.0 Å². The number of rotatable bonds is 4. The van der Waals surface area contributed by atoms with Crippen molar-refractivity contribution in [1.82, 2.24) is 4.90 Å². The number of hydrogen-bond acceptors (Lipinski definition) is 5. The molecule has 1 aliphatic heterocycles. The van der Waals surface area contributed by atoms with Crippen LogP contribution in [0.3, 0.4) is 0 Å². The van der Waals surface area contributed by atoms with Gasteiger partial charge in [-0.05, 0) is 43.4 Å². The van der Waals surface area contributed by atoms with Gasteiger partial charge in [0.25, 0.3) is 5.69 Å². The summed E-state index contributed by atoms with van der Waals surface area (Å²) in [6.07, 6.45) is 6.64. The number of nitrogen functional groups attached to an aromatic ring is 1. The predicted molar refractivity (Wildman–Crippen MR) is 81.7 cm³/mol. The molecule has 2 atom stereocenters. The molecule has 1 aliphatic carbocycles. The maximum absolute atomic E-state index is 10.9. The Balaban J connectivity index is 1.74. The van der Waals surface area contributed by atoms with Crippen molar-refractivity contribution in [3.05, 3.63) is 33.9 Å². The number of nitro benzene ring substituents is 1. The van der Waals surface area contributed by atoms with Gasteiger partial charge in [0.2, 0.25) is 0 Å². The number of likely N-dealkylation sites (tertiary alicyclic amines) is 1. The highest BCUT2D eigenvalue weighted by Crippen LogP contribution is 2.37. The molecule has 1 heterocycles. The molecule has 1 saturated heterocycles. The predicted octanol–water partition coefficient (Wildman–Crippen LogP) is 2.64. The summed E-state index contributed by atoms with van der Waals surface area (Å²) in [6.45, 7) is 1.99. The van der Waals surface area contributed by atoms with Gasteiger partial charge in [-0.25, -0.2) is 0 Å². The highest BCUT2D eigenvalue weighted by Gasteiger charge is 2.35. The number of nitrogens with two attached hydrogens (primary N) is 1. The van der Waals surface area contributed by atoms with Crippen molar-refractivity contribution < 1.29 is 4.92 Å². The Kier molecular flexibility index (Phi) is 4.07. The van der Waals surface area contributed by atoms with Crippen LogP contribution in [0.25, 0.3) is 0 Å². The molecule has 0 spiro atoms. The molecule has 114 valence electrons. The second-order valence-corrected chi connectivity index (χ2v) is 6.12. The topological polar surface area (TPSA) is 84.4 Å². The number of benzene rings is 1. The average molecular weight is 290 g/mol. The molecule has 6 heteroatoms. The summed E-state index contributed by atoms with van der Waals surface area (Å²) >= 11 is 0. The van der Waals surface area contributed by atoms with Crippen LogP contribution in [0.15, 0.2) is 18.2 Å². The summed E-state index contributed by atoms with van der Waals surface area (Å²) in [6, 6.07) is 5.88. The molecular formula is C15H22N4O2.